The summed E-state index contributed by atoms with van der Waals surface area (Å²) in [5, 5.41) is 18.6. The zero-order valence-electron chi connectivity index (χ0n) is 5.37. The molecule has 0 bridgehead atoms. The molecule has 1 fully saturated rings. The Morgan fingerprint density at radius 2 is 1.20 bits per heavy atom. The summed E-state index contributed by atoms with van der Waals surface area (Å²) in [7, 11) is 0. The van der Waals surface area contributed by atoms with E-state index in [0.29, 0.717) is 0 Å². The fraction of sp³-hybridized carbons (Fsp3) is 1.00. The van der Waals surface area contributed by atoms with Crippen molar-refractivity contribution in [1.82, 2.24) is 0 Å². The number of alkyl halides is 2. The second kappa shape index (κ2) is 3.52. The average molecular weight is 274 g/mol. The van der Waals surface area contributed by atoms with Gasteiger partial charge in [-0.1, -0.05) is 31.9 Å². The van der Waals surface area contributed by atoms with E-state index in [2.05, 4.69) is 31.9 Å². The molecule has 1 rings (SSSR count). The van der Waals surface area contributed by atoms with Crippen molar-refractivity contribution in [3.8, 4) is 0 Å². The van der Waals surface area contributed by atoms with E-state index in [4.69, 9.17) is 0 Å². The van der Waals surface area contributed by atoms with Crippen LogP contribution in [0.15, 0.2) is 0 Å². The summed E-state index contributed by atoms with van der Waals surface area (Å²) in [6, 6.07) is 0. The molecule has 4 heteroatoms. The van der Waals surface area contributed by atoms with E-state index < -0.39 is 12.2 Å². The lowest BCUT2D eigenvalue weighted by Gasteiger charge is -2.31. The molecule has 0 unspecified atom stereocenters. The van der Waals surface area contributed by atoms with Crippen molar-refractivity contribution in [3.05, 3.63) is 0 Å². The highest BCUT2D eigenvalue weighted by Gasteiger charge is 2.34. The molecule has 4 atom stereocenters. The van der Waals surface area contributed by atoms with Gasteiger partial charge in [0.2, 0.25) is 0 Å². The van der Waals surface area contributed by atoms with Crippen molar-refractivity contribution in [3.63, 3.8) is 0 Å². The lowest BCUT2D eigenvalue weighted by molar-refractivity contribution is 0.00258. The fourth-order valence-corrected chi connectivity index (χ4v) is 2.24. The Balaban J connectivity index is 2.52. The zero-order chi connectivity index (χ0) is 7.72. The van der Waals surface area contributed by atoms with Crippen molar-refractivity contribution in [2.45, 2.75) is 34.7 Å². The Kier molecular flexibility index (Phi) is 3.16. The first kappa shape index (κ1) is 8.97. The van der Waals surface area contributed by atoms with Crippen molar-refractivity contribution in [2.75, 3.05) is 0 Å². The van der Waals surface area contributed by atoms with Crippen LogP contribution in [-0.4, -0.2) is 32.1 Å². The number of rotatable bonds is 0. The zero-order valence-corrected chi connectivity index (χ0v) is 8.55. The SMILES string of the molecule is O[C@@H]1[C@H](O)[C@@H](Br)CC[C@H]1Br. The molecule has 0 heterocycles. The van der Waals surface area contributed by atoms with Crippen molar-refractivity contribution < 1.29 is 10.2 Å². The molecular weight excluding hydrogens is 264 g/mol. The van der Waals surface area contributed by atoms with Gasteiger partial charge in [-0.2, -0.15) is 0 Å². The van der Waals surface area contributed by atoms with Crippen LogP contribution in [0.4, 0.5) is 0 Å². The third-order valence-electron chi connectivity index (χ3n) is 1.81. The van der Waals surface area contributed by atoms with Crippen LogP contribution in [-0.2, 0) is 0 Å². The van der Waals surface area contributed by atoms with Crippen LogP contribution in [0, 0.1) is 0 Å². The van der Waals surface area contributed by atoms with Crippen LogP contribution in [0.2, 0.25) is 0 Å². The molecule has 60 valence electrons. The maximum atomic E-state index is 9.29. The smallest absolute Gasteiger partial charge is 0.0934 e. The molecule has 1 aliphatic rings. The van der Waals surface area contributed by atoms with Crippen molar-refractivity contribution in [1.29, 1.82) is 0 Å². The predicted molar refractivity (Wildman–Crippen MR) is 46.7 cm³/mol. The second-order valence-corrected chi connectivity index (χ2v) is 4.94. The molecule has 2 N–H and O–H groups in total. The van der Waals surface area contributed by atoms with Crippen LogP contribution in [0.5, 0.6) is 0 Å². The molecule has 1 aliphatic carbocycles. The lowest BCUT2D eigenvalue weighted by atomic mass is 9.95. The van der Waals surface area contributed by atoms with Crippen LogP contribution in [0.25, 0.3) is 0 Å². The Hall–Kier alpha value is 0.880. The highest BCUT2D eigenvalue weighted by molar-refractivity contribution is 9.10. The van der Waals surface area contributed by atoms with E-state index in [1.165, 1.54) is 0 Å². The molecule has 0 aromatic carbocycles. The van der Waals surface area contributed by atoms with E-state index in [1.807, 2.05) is 0 Å². The van der Waals surface area contributed by atoms with E-state index in [1.54, 1.807) is 0 Å². The summed E-state index contributed by atoms with van der Waals surface area (Å²) in [5.74, 6) is 0. The Morgan fingerprint density at radius 3 is 1.50 bits per heavy atom. The Morgan fingerprint density at radius 1 is 0.900 bits per heavy atom. The van der Waals surface area contributed by atoms with Gasteiger partial charge in [-0.15, -0.1) is 0 Å². The first-order valence-electron chi connectivity index (χ1n) is 3.27. The molecule has 10 heavy (non-hydrogen) atoms. The molecule has 0 aromatic heterocycles. The number of hydrogen-bond acceptors (Lipinski definition) is 2. The molecule has 0 radical (unpaired) electrons. The molecule has 0 amide bonds. The first-order valence-corrected chi connectivity index (χ1v) is 5.10. The largest absolute Gasteiger partial charge is 0.389 e. The molecule has 0 saturated heterocycles. The van der Waals surface area contributed by atoms with Gasteiger partial charge in [0.05, 0.1) is 12.2 Å². The maximum absolute atomic E-state index is 9.29. The average Bonchev–Trinajstić information content (AvgIpc) is 1.93. The van der Waals surface area contributed by atoms with Crippen LogP contribution in [0.1, 0.15) is 12.8 Å². The van der Waals surface area contributed by atoms with Gasteiger partial charge in [-0.05, 0) is 12.8 Å². The van der Waals surface area contributed by atoms with E-state index in [0.717, 1.165) is 12.8 Å². The van der Waals surface area contributed by atoms with Gasteiger partial charge >= 0.3 is 0 Å². The second-order valence-electron chi connectivity index (χ2n) is 2.59. The summed E-state index contributed by atoms with van der Waals surface area (Å²) >= 11 is 6.58. The monoisotopic (exact) mass is 272 g/mol. The number of hydrogen-bond donors (Lipinski definition) is 2. The molecule has 0 aliphatic heterocycles. The van der Waals surface area contributed by atoms with Gasteiger partial charge in [-0.25, -0.2) is 0 Å². The van der Waals surface area contributed by atoms with Gasteiger partial charge in [0.1, 0.15) is 0 Å². The van der Waals surface area contributed by atoms with Gasteiger partial charge in [0, 0.05) is 9.65 Å². The Bertz CT molecular complexity index is 106. The van der Waals surface area contributed by atoms with Crippen LogP contribution < -0.4 is 0 Å². The topological polar surface area (TPSA) is 40.5 Å². The summed E-state index contributed by atoms with van der Waals surface area (Å²) in [5.41, 5.74) is 0. The van der Waals surface area contributed by atoms with Gasteiger partial charge < -0.3 is 10.2 Å². The van der Waals surface area contributed by atoms with Crippen molar-refractivity contribution >= 4 is 31.9 Å². The molecular formula is C6H10Br2O2. The summed E-state index contributed by atoms with van der Waals surface area (Å²) in [6.45, 7) is 0. The highest BCUT2D eigenvalue weighted by atomic mass is 79.9. The minimum absolute atomic E-state index is 0.0521. The van der Waals surface area contributed by atoms with Gasteiger partial charge in [0.15, 0.2) is 0 Å². The van der Waals surface area contributed by atoms with Gasteiger partial charge in [-0.3, -0.25) is 0 Å². The maximum Gasteiger partial charge on any atom is 0.0934 e. The third-order valence-corrected chi connectivity index (χ3v) is 3.81. The summed E-state index contributed by atoms with van der Waals surface area (Å²) in [6.07, 6.45) is 0.568. The van der Waals surface area contributed by atoms with Crippen LogP contribution in [0.3, 0.4) is 0 Å². The lowest BCUT2D eigenvalue weighted by Crippen LogP contribution is -2.44. The van der Waals surface area contributed by atoms with Crippen LogP contribution >= 0.6 is 31.9 Å². The number of aliphatic hydroxyl groups excluding tert-OH is 2. The summed E-state index contributed by atoms with van der Waals surface area (Å²) < 4.78 is 0. The Labute approximate surface area is 76.9 Å². The first-order chi connectivity index (χ1) is 4.63. The summed E-state index contributed by atoms with van der Waals surface area (Å²) in [4.78, 5) is 0.104. The fourth-order valence-electron chi connectivity index (χ4n) is 1.09. The van der Waals surface area contributed by atoms with E-state index in [9.17, 15) is 10.2 Å². The number of aliphatic hydroxyl groups is 2. The van der Waals surface area contributed by atoms with Gasteiger partial charge in [0.25, 0.3) is 0 Å². The quantitative estimate of drug-likeness (QED) is 0.648. The van der Waals surface area contributed by atoms with Crippen molar-refractivity contribution in [2.24, 2.45) is 0 Å². The third kappa shape index (κ3) is 1.72. The number of halogens is 2. The molecule has 0 spiro atoms. The molecule has 1 saturated carbocycles. The normalized spacial score (nSPS) is 49.2. The van der Waals surface area contributed by atoms with E-state index in [-0.39, 0.29) is 9.65 Å². The van der Waals surface area contributed by atoms with E-state index >= 15 is 0 Å². The highest BCUT2D eigenvalue weighted by Crippen LogP contribution is 2.29. The molecule has 0 aromatic rings. The molecule has 2 nitrogen and oxygen atoms in total. The standard InChI is InChI=1S/C6H10Br2O2/c7-3-1-2-4(8)6(10)5(3)9/h3-6,9-10H,1-2H2/t3-,4+,5+,6-. The minimum atomic E-state index is -0.627. The predicted octanol–water partition coefficient (Wildman–Crippen LogP) is 1.03. The minimum Gasteiger partial charge on any atom is -0.389 e.